The zero-order valence-electron chi connectivity index (χ0n) is 17.0. The second-order valence-corrected chi connectivity index (χ2v) is 6.73. The summed E-state index contributed by atoms with van der Waals surface area (Å²) in [4.78, 5) is 14.8. The van der Waals surface area contributed by atoms with Crippen LogP contribution in [-0.2, 0) is 11.3 Å². The lowest BCUT2D eigenvalue weighted by Gasteiger charge is -2.26. The number of nitrogens with one attached hydrogen (secondary N) is 1. The van der Waals surface area contributed by atoms with Gasteiger partial charge in [-0.2, -0.15) is 0 Å². The predicted molar refractivity (Wildman–Crippen MR) is 110 cm³/mol. The van der Waals surface area contributed by atoms with Crippen LogP contribution in [0.1, 0.15) is 15.9 Å². The van der Waals surface area contributed by atoms with E-state index in [1.54, 1.807) is 32.4 Å². The van der Waals surface area contributed by atoms with E-state index in [4.69, 9.17) is 18.9 Å². The summed E-state index contributed by atoms with van der Waals surface area (Å²) in [5.41, 5.74) is 1.45. The van der Waals surface area contributed by atoms with Crippen molar-refractivity contribution in [2.45, 2.75) is 6.54 Å². The lowest BCUT2D eigenvalue weighted by molar-refractivity contribution is 0.0322. The van der Waals surface area contributed by atoms with Gasteiger partial charge in [0.2, 0.25) is 0 Å². The number of hydrogen-bond acceptors (Lipinski definition) is 6. The molecule has 2 aromatic rings. The van der Waals surface area contributed by atoms with Crippen molar-refractivity contribution in [3.63, 3.8) is 0 Å². The molecule has 0 unspecified atom stereocenters. The van der Waals surface area contributed by atoms with Gasteiger partial charge in [0.25, 0.3) is 5.91 Å². The average molecular weight is 400 g/mol. The molecule has 29 heavy (non-hydrogen) atoms. The minimum absolute atomic E-state index is 0.194. The zero-order valence-corrected chi connectivity index (χ0v) is 17.0. The molecular formula is C22H28N2O5. The Morgan fingerprint density at radius 1 is 1.03 bits per heavy atom. The maximum atomic E-state index is 12.5. The molecule has 1 aliphatic heterocycles. The number of nitrogens with zero attached hydrogens (tertiary/aromatic N) is 1. The lowest BCUT2D eigenvalue weighted by Crippen LogP contribution is -2.38. The van der Waals surface area contributed by atoms with Crippen LogP contribution in [0.25, 0.3) is 0 Å². The fraction of sp³-hybridized carbons (Fsp3) is 0.409. The van der Waals surface area contributed by atoms with Gasteiger partial charge in [-0.3, -0.25) is 9.69 Å². The molecule has 3 rings (SSSR count). The maximum Gasteiger partial charge on any atom is 0.251 e. The van der Waals surface area contributed by atoms with E-state index < -0.39 is 0 Å². The SMILES string of the molecule is COc1cc(OC)cc(C(=O)NCc2cccc(OCCN3CCOCC3)c2)c1. The van der Waals surface area contributed by atoms with E-state index in [0.29, 0.717) is 30.2 Å². The molecule has 1 N–H and O–H groups in total. The molecule has 0 saturated carbocycles. The van der Waals surface area contributed by atoms with Gasteiger partial charge in [-0.15, -0.1) is 0 Å². The third-order valence-corrected chi connectivity index (χ3v) is 4.75. The molecule has 0 spiro atoms. The Balaban J connectivity index is 1.51. The molecule has 0 radical (unpaired) electrons. The topological polar surface area (TPSA) is 69.3 Å². The van der Waals surface area contributed by atoms with Gasteiger partial charge in [-0.1, -0.05) is 12.1 Å². The molecule has 1 saturated heterocycles. The summed E-state index contributed by atoms with van der Waals surface area (Å²) in [5, 5.41) is 2.93. The van der Waals surface area contributed by atoms with Gasteiger partial charge in [0.15, 0.2) is 0 Å². The van der Waals surface area contributed by atoms with Crippen molar-refractivity contribution >= 4 is 5.91 Å². The molecule has 0 aromatic heterocycles. The van der Waals surface area contributed by atoms with Gasteiger partial charge in [-0.25, -0.2) is 0 Å². The maximum absolute atomic E-state index is 12.5. The first-order chi connectivity index (χ1) is 14.2. The number of ether oxygens (including phenoxy) is 4. The Hall–Kier alpha value is -2.77. The summed E-state index contributed by atoms with van der Waals surface area (Å²) in [6.45, 7) is 5.37. The number of amides is 1. The smallest absolute Gasteiger partial charge is 0.251 e. The summed E-state index contributed by atoms with van der Waals surface area (Å²) in [6, 6.07) is 12.9. The van der Waals surface area contributed by atoms with Crippen molar-refractivity contribution < 1.29 is 23.7 Å². The van der Waals surface area contributed by atoms with E-state index in [0.717, 1.165) is 44.2 Å². The quantitative estimate of drug-likeness (QED) is 0.697. The summed E-state index contributed by atoms with van der Waals surface area (Å²) in [5.74, 6) is 1.75. The van der Waals surface area contributed by atoms with E-state index in [1.807, 2.05) is 24.3 Å². The van der Waals surface area contributed by atoms with Gasteiger partial charge in [-0.05, 0) is 29.8 Å². The number of methoxy groups -OCH3 is 2. The van der Waals surface area contributed by atoms with Crippen LogP contribution in [0.4, 0.5) is 0 Å². The first-order valence-corrected chi connectivity index (χ1v) is 9.71. The Morgan fingerprint density at radius 2 is 1.76 bits per heavy atom. The highest BCUT2D eigenvalue weighted by Crippen LogP contribution is 2.22. The van der Waals surface area contributed by atoms with Crippen LogP contribution in [-0.4, -0.2) is 64.5 Å². The number of morpholine rings is 1. The number of benzene rings is 2. The summed E-state index contributed by atoms with van der Waals surface area (Å²) >= 11 is 0. The second kappa shape index (κ2) is 10.7. The van der Waals surface area contributed by atoms with Gasteiger partial charge >= 0.3 is 0 Å². The first kappa shape index (κ1) is 21.0. The first-order valence-electron chi connectivity index (χ1n) is 9.71. The molecule has 1 amide bonds. The van der Waals surface area contributed by atoms with Crippen LogP contribution < -0.4 is 19.5 Å². The second-order valence-electron chi connectivity index (χ2n) is 6.73. The molecule has 1 aliphatic rings. The zero-order chi connectivity index (χ0) is 20.5. The fourth-order valence-corrected chi connectivity index (χ4v) is 3.09. The third-order valence-electron chi connectivity index (χ3n) is 4.75. The molecule has 7 heteroatoms. The summed E-state index contributed by atoms with van der Waals surface area (Å²) < 4.78 is 21.7. The highest BCUT2D eigenvalue weighted by atomic mass is 16.5. The minimum Gasteiger partial charge on any atom is -0.497 e. The van der Waals surface area contributed by atoms with E-state index in [2.05, 4.69) is 10.2 Å². The molecular weight excluding hydrogens is 372 g/mol. The van der Waals surface area contributed by atoms with E-state index in [1.165, 1.54) is 0 Å². The number of carbonyl (C=O) groups excluding carboxylic acids is 1. The highest BCUT2D eigenvalue weighted by Gasteiger charge is 2.11. The minimum atomic E-state index is -0.194. The highest BCUT2D eigenvalue weighted by molar-refractivity contribution is 5.95. The monoisotopic (exact) mass is 400 g/mol. The van der Waals surface area contributed by atoms with Crippen LogP contribution >= 0.6 is 0 Å². The van der Waals surface area contributed by atoms with Gasteiger partial charge in [0, 0.05) is 37.8 Å². The fourth-order valence-electron chi connectivity index (χ4n) is 3.09. The molecule has 2 aromatic carbocycles. The van der Waals surface area contributed by atoms with Crippen LogP contribution in [0.3, 0.4) is 0 Å². The van der Waals surface area contributed by atoms with Crippen molar-refractivity contribution in [3.8, 4) is 17.2 Å². The largest absolute Gasteiger partial charge is 0.497 e. The Kier molecular flexibility index (Phi) is 7.72. The van der Waals surface area contributed by atoms with Gasteiger partial charge in [0.05, 0.1) is 27.4 Å². The van der Waals surface area contributed by atoms with Gasteiger partial charge < -0.3 is 24.3 Å². The normalized spacial score (nSPS) is 14.3. The van der Waals surface area contributed by atoms with Crippen molar-refractivity contribution in [2.24, 2.45) is 0 Å². The Morgan fingerprint density at radius 3 is 2.45 bits per heavy atom. The van der Waals surface area contributed by atoms with Crippen LogP contribution in [0.5, 0.6) is 17.2 Å². The standard InChI is InChI=1S/C22H28N2O5/c1-26-20-13-18(14-21(15-20)27-2)22(25)23-16-17-4-3-5-19(12-17)29-11-8-24-6-9-28-10-7-24/h3-5,12-15H,6-11,16H2,1-2H3,(H,23,25). The van der Waals surface area contributed by atoms with Crippen LogP contribution in [0, 0.1) is 0 Å². The molecule has 156 valence electrons. The van der Waals surface area contributed by atoms with Crippen molar-refractivity contribution in [2.75, 3.05) is 53.7 Å². The summed E-state index contributed by atoms with van der Waals surface area (Å²) in [7, 11) is 3.11. The van der Waals surface area contributed by atoms with Gasteiger partial charge in [0.1, 0.15) is 23.9 Å². The Labute approximate surface area is 171 Å². The van der Waals surface area contributed by atoms with Crippen molar-refractivity contribution in [1.29, 1.82) is 0 Å². The average Bonchev–Trinajstić information content (AvgIpc) is 2.78. The molecule has 1 fully saturated rings. The van der Waals surface area contributed by atoms with Crippen molar-refractivity contribution in [1.82, 2.24) is 10.2 Å². The van der Waals surface area contributed by atoms with Crippen LogP contribution in [0.15, 0.2) is 42.5 Å². The third kappa shape index (κ3) is 6.37. The van der Waals surface area contributed by atoms with E-state index in [9.17, 15) is 4.79 Å². The van der Waals surface area contributed by atoms with Crippen molar-refractivity contribution in [3.05, 3.63) is 53.6 Å². The molecule has 7 nitrogen and oxygen atoms in total. The van der Waals surface area contributed by atoms with E-state index in [-0.39, 0.29) is 5.91 Å². The molecule has 0 aliphatic carbocycles. The molecule has 1 heterocycles. The molecule has 0 atom stereocenters. The number of hydrogen-bond donors (Lipinski definition) is 1. The summed E-state index contributed by atoms with van der Waals surface area (Å²) in [6.07, 6.45) is 0. The predicted octanol–water partition coefficient (Wildman–Crippen LogP) is 2.34. The number of carbonyl (C=O) groups is 1. The van der Waals surface area contributed by atoms with E-state index >= 15 is 0 Å². The Bertz CT molecular complexity index is 783. The van der Waals surface area contributed by atoms with Crippen LogP contribution in [0.2, 0.25) is 0 Å². The molecule has 0 bridgehead atoms. The number of rotatable bonds is 9. The lowest BCUT2D eigenvalue weighted by atomic mass is 10.1.